The van der Waals surface area contributed by atoms with E-state index in [-0.39, 0.29) is 12.1 Å². The van der Waals surface area contributed by atoms with Gasteiger partial charge in [-0.3, -0.25) is 0 Å². The molecule has 1 saturated heterocycles. The number of anilines is 1. The molecule has 0 spiro atoms. The smallest absolute Gasteiger partial charge is 0.315 e. The molecule has 0 aromatic carbocycles. The average Bonchev–Trinajstić information content (AvgIpc) is 3.17. The van der Waals surface area contributed by atoms with Crippen LogP contribution in [0.25, 0.3) is 0 Å². The molecule has 0 unspecified atom stereocenters. The highest BCUT2D eigenvalue weighted by atomic mass is 35.5. The van der Waals surface area contributed by atoms with Crippen molar-refractivity contribution in [2.45, 2.75) is 19.0 Å². The van der Waals surface area contributed by atoms with Crippen molar-refractivity contribution in [1.29, 1.82) is 0 Å². The summed E-state index contributed by atoms with van der Waals surface area (Å²) in [6, 6.07) is 7.61. The number of thiophene rings is 1. The number of halogens is 1. The van der Waals surface area contributed by atoms with Crippen LogP contribution in [0.5, 0.6) is 0 Å². The lowest BCUT2D eigenvalue weighted by molar-refractivity contribution is 0.237. The third-order valence-electron chi connectivity index (χ3n) is 3.57. The highest BCUT2D eigenvalue weighted by Gasteiger charge is 2.25. The molecule has 1 aliphatic rings. The number of aromatic nitrogens is 1. The molecule has 1 atom stereocenters. The van der Waals surface area contributed by atoms with Gasteiger partial charge >= 0.3 is 6.03 Å². The van der Waals surface area contributed by atoms with Gasteiger partial charge in [0.2, 0.25) is 0 Å². The van der Waals surface area contributed by atoms with Crippen molar-refractivity contribution in [1.82, 2.24) is 15.6 Å². The molecule has 0 radical (unpaired) electrons. The van der Waals surface area contributed by atoms with Crippen molar-refractivity contribution >= 4 is 34.8 Å². The highest BCUT2D eigenvalue weighted by molar-refractivity contribution is 7.09. The SMILES string of the molecule is O=C(NCc1cccs1)N[C@H]1CCN(c2ncccc2Cl)C1. The van der Waals surface area contributed by atoms with Crippen molar-refractivity contribution in [3.8, 4) is 0 Å². The van der Waals surface area contributed by atoms with Gasteiger partial charge in [-0.1, -0.05) is 17.7 Å². The molecule has 0 saturated carbocycles. The summed E-state index contributed by atoms with van der Waals surface area (Å²) in [5.41, 5.74) is 0. The molecule has 2 aromatic rings. The molecule has 22 heavy (non-hydrogen) atoms. The van der Waals surface area contributed by atoms with Crippen LogP contribution in [0.15, 0.2) is 35.8 Å². The van der Waals surface area contributed by atoms with Gasteiger partial charge in [0.15, 0.2) is 0 Å². The Kier molecular flexibility index (Phi) is 4.80. The molecule has 0 aliphatic carbocycles. The van der Waals surface area contributed by atoms with Gasteiger partial charge in [0.25, 0.3) is 0 Å². The van der Waals surface area contributed by atoms with Crippen LogP contribution in [0.3, 0.4) is 0 Å². The minimum absolute atomic E-state index is 0.112. The summed E-state index contributed by atoms with van der Waals surface area (Å²) >= 11 is 7.80. The highest BCUT2D eigenvalue weighted by Crippen LogP contribution is 2.25. The van der Waals surface area contributed by atoms with Crippen LogP contribution in [0, 0.1) is 0 Å². The van der Waals surface area contributed by atoms with Crippen molar-refractivity contribution in [2.24, 2.45) is 0 Å². The third kappa shape index (κ3) is 3.69. The number of nitrogens with zero attached hydrogens (tertiary/aromatic N) is 2. The molecule has 5 nitrogen and oxygen atoms in total. The Bertz CT molecular complexity index is 634. The number of carbonyl (C=O) groups is 1. The van der Waals surface area contributed by atoms with Crippen LogP contribution in [-0.2, 0) is 6.54 Å². The van der Waals surface area contributed by atoms with Gasteiger partial charge in [-0.15, -0.1) is 11.3 Å². The molecule has 1 aliphatic heterocycles. The summed E-state index contributed by atoms with van der Waals surface area (Å²) in [7, 11) is 0. The minimum Gasteiger partial charge on any atom is -0.353 e. The van der Waals surface area contributed by atoms with Crippen molar-refractivity contribution in [3.05, 3.63) is 45.7 Å². The van der Waals surface area contributed by atoms with Gasteiger partial charge in [-0.05, 0) is 30.0 Å². The lowest BCUT2D eigenvalue weighted by Gasteiger charge is -2.19. The van der Waals surface area contributed by atoms with E-state index in [1.54, 1.807) is 17.5 Å². The minimum atomic E-state index is -0.132. The second-order valence-corrected chi connectivity index (χ2v) is 6.59. The Labute approximate surface area is 138 Å². The fraction of sp³-hybridized carbons (Fsp3) is 0.333. The first kappa shape index (κ1) is 15.1. The van der Waals surface area contributed by atoms with Crippen molar-refractivity contribution in [3.63, 3.8) is 0 Å². The van der Waals surface area contributed by atoms with Gasteiger partial charge in [0.05, 0.1) is 11.6 Å². The topological polar surface area (TPSA) is 57.3 Å². The van der Waals surface area contributed by atoms with Gasteiger partial charge < -0.3 is 15.5 Å². The Morgan fingerprint density at radius 2 is 2.36 bits per heavy atom. The van der Waals surface area contributed by atoms with Crippen molar-refractivity contribution in [2.75, 3.05) is 18.0 Å². The fourth-order valence-electron chi connectivity index (χ4n) is 2.50. The van der Waals surface area contributed by atoms with Gasteiger partial charge in [-0.25, -0.2) is 9.78 Å². The van der Waals surface area contributed by atoms with Crippen LogP contribution in [0.1, 0.15) is 11.3 Å². The van der Waals surface area contributed by atoms with Gasteiger partial charge in [0.1, 0.15) is 5.82 Å². The number of hydrogen-bond donors (Lipinski definition) is 2. The number of pyridine rings is 1. The number of carbonyl (C=O) groups excluding carboxylic acids is 1. The second kappa shape index (κ2) is 6.98. The van der Waals surface area contributed by atoms with E-state index in [0.717, 1.165) is 30.2 Å². The molecule has 0 bridgehead atoms. The maximum absolute atomic E-state index is 11.9. The Morgan fingerprint density at radius 1 is 1.45 bits per heavy atom. The molecule has 1 fully saturated rings. The van der Waals surface area contributed by atoms with Crippen molar-refractivity contribution < 1.29 is 4.79 Å². The van der Waals surface area contributed by atoms with Crippen LogP contribution >= 0.6 is 22.9 Å². The molecular weight excluding hydrogens is 320 g/mol. The zero-order valence-corrected chi connectivity index (χ0v) is 13.5. The van der Waals surface area contributed by atoms with E-state index in [4.69, 9.17) is 11.6 Å². The summed E-state index contributed by atoms with van der Waals surface area (Å²) < 4.78 is 0. The number of urea groups is 1. The molecular formula is C15H17ClN4OS. The predicted molar refractivity (Wildman–Crippen MR) is 89.6 cm³/mol. The van der Waals surface area contributed by atoms with E-state index >= 15 is 0 Å². The zero-order valence-electron chi connectivity index (χ0n) is 12.0. The summed E-state index contributed by atoms with van der Waals surface area (Å²) in [6.07, 6.45) is 2.62. The van der Waals surface area contributed by atoms with Gasteiger partial charge in [-0.2, -0.15) is 0 Å². The molecule has 2 N–H and O–H groups in total. The Morgan fingerprint density at radius 3 is 3.14 bits per heavy atom. The average molecular weight is 337 g/mol. The van der Waals surface area contributed by atoms with E-state index in [9.17, 15) is 4.79 Å². The predicted octanol–water partition coefficient (Wildman–Crippen LogP) is 2.87. The lowest BCUT2D eigenvalue weighted by Crippen LogP contribution is -2.43. The molecule has 3 rings (SSSR count). The first-order valence-electron chi connectivity index (χ1n) is 7.14. The largest absolute Gasteiger partial charge is 0.353 e. The number of hydrogen-bond acceptors (Lipinski definition) is 4. The standard InChI is InChI=1S/C15H17ClN4OS/c16-13-4-1-6-17-14(13)20-7-5-11(10-20)19-15(21)18-9-12-3-2-8-22-12/h1-4,6,8,11H,5,7,9-10H2,(H2,18,19,21)/t11-/m0/s1. The number of amides is 2. The normalized spacial score (nSPS) is 17.5. The third-order valence-corrected chi connectivity index (χ3v) is 4.74. The first-order valence-corrected chi connectivity index (χ1v) is 8.40. The molecule has 2 amide bonds. The van der Waals surface area contributed by atoms with E-state index in [2.05, 4.69) is 20.5 Å². The molecule has 3 heterocycles. The zero-order chi connectivity index (χ0) is 15.4. The van der Waals surface area contributed by atoms with Crippen LogP contribution < -0.4 is 15.5 Å². The summed E-state index contributed by atoms with van der Waals surface area (Å²) in [4.78, 5) is 19.5. The van der Waals surface area contributed by atoms with E-state index in [1.165, 1.54) is 0 Å². The van der Waals surface area contributed by atoms with E-state index in [1.807, 2.05) is 29.6 Å². The monoisotopic (exact) mass is 336 g/mol. The Hall–Kier alpha value is -1.79. The van der Waals surface area contributed by atoms with E-state index < -0.39 is 0 Å². The molecule has 116 valence electrons. The van der Waals surface area contributed by atoms with Crippen LogP contribution in [0.2, 0.25) is 5.02 Å². The van der Waals surface area contributed by atoms with Crippen LogP contribution in [-0.4, -0.2) is 30.1 Å². The lowest BCUT2D eigenvalue weighted by atomic mass is 10.3. The summed E-state index contributed by atoms with van der Waals surface area (Å²) in [5, 5.41) is 8.52. The first-order chi connectivity index (χ1) is 10.7. The second-order valence-electron chi connectivity index (χ2n) is 5.15. The fourth-order valence-corrected chi connectivity index (χ4v) is 3.38. The molecule has 7 heteroatoms. The summed E-state index contributed by atoms with van der Waals surface area (Å²) in [6.45, 7) is 2.13. The number of rotatable bonds is 4. The quantitative estimate of drug-likeness (QED) is 0.902. The number of nitrogens with one attached hydrogen (secondary N) is 2. The summed E-state index contributed by atoms with van der Waals surface area (Å²) in [5.74, 6) is 0.785. The maximum atomic E-state index is 11.9. The van der Waals surface area contributed by atoms with Crippen LogP contribution in [0.4, 0.5) is 10.6 Å². The molecule has 2 aromatic heterocycles. The Balaban J connectivity index is 1.48. The maximum Gasteiger partial charge on any atom is 0.315 e. The van der Waals surface area contributed by atoms with Gasteiger partial charge in [0, 0.05) is 30.2 Å². The van der Waals surface area contributed by atoms with E-state index in [0.29, 0.717) is 11.6 Å².